The molecule has 0 radical (unpaired) electrons. The fraction of sp³-hybridized carbons (Fsp3) is 0.318. The van der Waals surface area contributed by atoms with Gasteiger partial charge in [0.15, 0.2) is 0 Å². The molecular weight excluding hydrogens is 398 g/mol. The number of aryl methyl sites for hydroxylation is 2. The minimum absolute atomic E-state index is 0.00143. The molecular formula is C22H25N5O2S. The number of imide groups is 1. The topological polar surface area (TPSA) is 89.8 Å². The first-order valence-corrected chi connectivity index (χ1v) is 10.6. The van der Waals surface area contributed by atoms with Crippen LogP contribution in [0.25, 0.3) is 5.69 Å². The summed E-state index contributed by atoms with van der Waals surface area (Å²) in [6.07, 6.45) is 0. The zero-order valence-corrected chi connectivity index (χ0v) is 18.6. The van der Waals surface area contributed by atoms with E-state index in [9.17, 15) is 9.59 Å². The van der Waals surface area contributed by atoms with Crippen LogP contribution in [-0.2, 0) is 10.2 Å². The van der Waals surface area contributed by atoms with E-state index in [1.807, 2.05) is 44.2 Å². The predicted molar refractivity (Wildman–Crippen MR) is 117 cm³/mol. The standard InChI is InChI=1S/C22H25N5O2S/c1-14-6-11-18(12-15(14)2)27-21(24-25-26-27)30-13-19(28)23-20(29)16-7-9-17(10-8-16)22(3,4)5/h6-12H,13H2,1-5H3,(H,23,28,29). The molecule has 8 heteroatoms. The van der Waals surface area contributed by atoms with E-state index in [1.165, 1.54) is 17.3 Å². The van der Waals surface area contributed by atoms with Crippen LogP contribution in [0.15, 0.2) is 47.6 Å². The molecule has 0 fully saturated rings. The van der Waals surface area contributed by atoms with Crippen LogP contribution in [-0.4, -0.2) is 37.8 Å². The number of tetrazole rings is 1. The van der Waals surface area contributed by atoms with Crippen LogP contribution in [0, 0.1) is 13.8 Å². The fourth-order valence-corrected chi connectivity index (χ4v) is 3.47. The highest BCUT2D eigenvalue weighted by molar-refractivity contribution is 7.99. The summed E-state index contributed by atoms with van der Waals surface area (Å²) >= 11 is 1.17. The lowest BCUT2D eigenvalue weighted by Crippen LogP contribution is -2.32. The first kappa shape index (κ1) is 21.7. The molecule has 156 valence electrons. The second-order valence-electron chi connectivity index (χ2n) is 8.14. The Morgan fingerprint density at radius 1 is 1.03 bits per heavy atom. The van der Waals surface area contributed by atoms with Crippen LogP contribution in [0.4, 0.5) is 0 Å². The zero-order valence-electron chi connectivity index (χ0n) is 17.8. The maximum absolute atomic E-state index is 12.3. The van der Waals surface area contributed by atoms with Crippen LogP contribution >= 0.6 is 11.8 Å². The van der Waals surface area contributed by atoms with Crippen LogP contribution < -0.4 is 5.32 Å². The Bertz CT molecular complexity index is 1070. The molecule has 1 heterocycles. The predicted octanol–water partition coefficient (Wildman–Crippen LogP) is 3.63. The minimum Gasteiger partial charge on any atom is -0.292 e. The molecule has 2 amide bonds. The number of amides is 2. The molecule has 0 saturated carbocycles. The molecule has 2 aromatic carbocycles. The lowest BCUT2D eigenvalue weighted by molar-refractivity contribution is -0.117. The van der Waals surface area contributed by atoms with Crippen molar-refractivity contribution in [2.24, 2.45) is 0 Å². The molecule has 0 atom stereocenters. The summed E-state index contributed by atoms with van der Waals surface area (Å²) in [5.41, 5.74) is 4.69. The van der Waals surface area contributed by atoms with Gasteiger partial charge in [0.1, 0.15) is 0 Å². The molecule has 0 aliphatic carbocycles. The third-order valence-electron chi connectivity index (χ3n) is 4.77. The lowest BCUT2D eigenvalue weighted by Gasteiger charge is -2.18. The Labute approximate surface area is 180 Å². The summed E-state index contributed by atoms with van der Waals surface area (Å²) < 4.78 is 1.58. The number of nitrogens with zero attached hydrogens (tertiary/aromatic N) is 4. The second kappa shape index (κ2) is 8.79. The average Bonchev–Trinajstić information content (AvgIpc) is 3.16. The van der Waals surface area contributed by atoms with Crippen molar-refractivity contribution in [2.45, 2.75) is 45.2 Å². The molecule has 0 bridgehead atoms. The van der Waals surface area contributed by atoms with Gasteiger partial charge in [-0.2, -0.15) is 4.68 Å². The molecule has 0 unspecified atom stereocenters. The van der Waals surface area contributed by atoms with E-state index in [1.54, 1.807) is 16.8 Å². The number of hydrogen-bond acceptors (Lipinski definition) is 6. The third kappa shape index (κ3) is 5.13. The maximum atomic E-state index is 12.3. The van der Waals surface area contributed by atoms with Gasteiger partial charge in [0.2, 0.25) is 11.1 Å². The first-order valence-electron chi connectivity index (χ1n) is 9.58. The van der Waals surface area contributed by atoms with Crippen molar-refractivity contribution >= 4 is 23.6 Å². The van der Waals surface area contributed by atoms with E-state index in [2.05, 4.69) is 41.6 Å². The quantitative estimate of drug-likeness (QED) is 0.631. The van der Waals surface area contributed by atoms with Crippen molar-refractivity contribution in [1.82, 2.24) is 25.5 Å². The van der Waals surface area contributed by atoms with Crippen LogP contribution in [0.3, 0.4) is 0 Å². The SMILES string of the molecule is Cc1ccc(-n2nnnc2SCC(=O)NC(=O)c2ccc(C(C)(C)C)cc2)cc1C. The second-order valence-corrected chi connectivity index (χ2v) is 9.08. The van der Waals surface area contributed by atoms with Crippen LogP contribution in [0.2, 0.25) is 0 Å². The molecule has 0 spiro atoms. The van der Waals surface area contributed by atoms with Gasteiger partial charge in [-0.25, -0.2) is 0 Å². The fourth-order valence-electron chi connectivity index (χ4n) is 2.77. The van der Waals surface area contributed by atoms with Gasteiger partial charge in [0.25, 0.3) is 5.91 Å². The Kier molecular flexibility index (Phi) is 6.36. The zero-order chi connectivity index (χ0) is 21.9. The van der Waals surface area contributed by atoms with Gasteiger partial charge in [-0.3, -0.25) is 14.9 Å². The van der Waals surface area contributed by atoms with Crippen molar-refractivity contribution in [3.05, 3.63) is 64.7 Å². The summed E-state index contributed by atoms with van der Waals surface area (Å²) in [5, 5.41) is 14.6. The van der Waals surface area contributed by atoms with E-state index < -0.39 is 11.8 Å². The average molecular weight is 424 g/mol. The summed E-state index contributed by atoms with van der Waals surface area (Å²) in [6, 6.07) is 13.2. The number of thioether (sulfide) groups is 1. The molecule has 30 heavy (non-hydrogen) atoms. The normalized spacial score (nSPS) is 11.4. The number of nitrogens with one attached hydrogen (secondary N) is 1. The molecule has 3 aromatic rings. The van der Waals surface area contributed by atoms with Crippen molar-refractivity contribution in [1.29, 1.82) is 0 Å². The van der Waals surface area contributed by atoms with E-state index in [4.69, 9.17) is 0 Å². The number of benzene rings is 2. The highest BCUT2D eigenvalue weighted by Crippen LogP contribution is 2.22. The highest BCUT2D eigenvalue weighted by atomic mass is 32.2. The molecule has 7 nitrogen and oxygen atoms in total. The Morgan fingerprint density at radius 2 is 1.73 bits per heavy atom. The van der Waals surface area contributed by atoms with Crippen molar-refractivity contribution < 1.29 is 9.59 Å². The monoisotopic (exact) mass is 423 g/mol. The minimum atomic E-state index is -0.421. The molecule has 0 saturated heterocycles. The molecule has 1 aromatic heterocycles. The summed E-state index contributed by atoms with van der Waals surface area (Å²) in [7, 11) is 0. The van der Waals surface area contributed by atoms with Gasteiger partial charge in [-0.1, -0.05) is 50.7 Å². The van der Waals surface area contributed by atoms with Crippen molar-refractivity contribution in [2.75, 3.05) is 5.75 Å². The van der Waals surface area contributed by atoms with E-state index >= 15 is 0 Å². The highest BCUT2D eigenvalue weighted by Gasteiger charge is 2.17. The molecule has 0 aliphatic heterocycles. The summed E-state index contributed by atoms with van der Waals surface area (Å²) in [4.78, 5) is 24.6. The molecule has 1 N–H and O–H groups in total. The molecule has 0 aliphatic rings. The van der Waals surface area contributed by atoms with E-state index in [0.29, 0.717) is 10.7 Å². The van der Waals surface area contributed by atoms with Crippen LogP contribution in [0.5, 0.6) is 0 Å². The number of carbonyl (C=O) groups is 2. The van der Waals surface area contributed by atoms with Gasteiger partial charge >= 0.3 is 0 Å². The largest absolute Gasteiger partial charge is 0.292 e. The Balaban J connectivity index is 1.61. The van der Waals surface area contributed by atoms with Crippen molar-refractivity contribution in [3.63, 3.8) is 0 Å². The van der Waals surface area contributed by atoms with Gasteiger partial charge in [0, 0.05) is 5.56 Å². The van der Waals surface area contributed by atoms with E-state index in [-0.39, 0.29) is 11.2 Å². The lowest BCUT2D eigenvalue weighted by atomic mass is 9.87. The Morgan fingerprint density at radius 3 is 2.37 bits per heavy atom. The third-order valence-corrected chi connectivity index (χ3v) is 5.69. The number of carbonyl (C=O) groups excluding carboxylic acids is 2. The number of aromatic nitrogens is 4. The molecule has 3 rings (SSSR count). The van der Waals surface area contributed by atoms with Crippen molar-refractivity contribution in [3.8, 4) is 5.69 Å². The maximum Gasteiger partial charge on any atom is 0.257 e. The van der Waals surface area contributed by atoms with Gasteiger partial charge in [0.05, 0.1) is 11.4 Å². The summed E-state index contributed by atoms with van der Waals surface area (Å²) in [5.74, 6) is -0.800. The Hall–Kier alpha value is -3.00. The van der Waals surface area contributed by atoms with Gasteiger partial charge in [-0.05, 0) is 70.6 Å². The van der Waals surface area contributed by atoms with Gasteiger partial charge in [-0.15, -0.1) is 5.10 Å². The van der Waals surface area contributed by atoms with Crippen LogP contribution in [0.1, 0.15) is 47.8 Å². The van der Waals surface area contributed by atoms with E-state index in [0.717, 1.165) is 16.8 Å². The first-order chi connectivity index (χ1) is 14.1. The van der Waals surface area contributed by atoms with Gasteiger partial charge < -0.3 is 0 Å². The summed E-state index contributed by atoms with van der Waals surface area (Å²) in [6.45, 7) is 10.4. The number of hydrogen-bond donors (Lipinski definition) is 1. The number of rotatable bonds is 5. The smallest absolute Gasteiger partial charge is 0.257 e.